The standard InChI is InChI=1S/C13H17NO4S/c1-9-4-2-3-5-12(9)19(17,18)14-11-7-6-10(8-11)13(15)16/h2-5,10-11,14H,6-8H2,1H3,(H,15,16). The first-order valence-corrected chi connectivity index (χ1v) is 7.69. The fourth-order valence-electron chi connectivity index (χ4n) is 2.45. The van der Waals surface area contributed by atoms with Gasteiger partial charge in [0, 0.05) is 6.04 Å². The molecular formula is C13H17NO4S. The Morgan fingerprint density at radius 3 is 2.58 bits per heavy atom. The van der Waals surface area contributed by atoms with Crippen LogP contribution in [0.1, 0.15) is 24.8 Å². The van der Waals surface area contributed by atoms with Crippen LogP contribution in [-0.4, -0.2) is 25.5 Å². The van der Waals surface area contributed by atoms with Crippen LogP contribution in [0.2, 0.25) is 0 Å². The van der Waals surface area contributed by atoms with E-state index in [1.165, 1.54) is 0 Å². The summed E-state index contributed by atoms with van der Waals surface area (Å²) in [5.41, 5.74) is 0.683. The maximum absolute atomic E-state index is 12.2. The Balaban J connectivity index is 2.11. The molecule has 1 saturated carbocycles. The highest BCUT2D eigenvalue weighted by atomic mass is 32.2. The number of carboxylic acids is 1. The van der Waals surface area contributed by atoms with Crippen molar-refractivity contribution in [3.8, 4) is 0 Å². The van der Waals surface area contributed by atoms with Gasteiger partial charge in [-0.3, -0.25) is 4.79 Å². The number of aliphatic carboxylic acids is 1. The van der Waals surface area contributed by atoms with E-state index in [9.17, 15) is 13.2 Å². The van der Waals surface area contributed by atoms with Gasteiger partial charge < -0.3 is 5.11 Å². The summed E-state index contributed by atoms with van der Waals surface area (Å²) in [6, 6.07) is 6.47. The summed E-state index contributed by atoms with van der Waals surface area (Å²) in [5.74, 6) is -1.29. The normalized spacial score (nSPS) is 23.4. The summed E-state index contributed by atoms with van der Waals surface area (Å²) < 4.78 is 27.1. The van der Waals surface area contributed by atoms with Gasteiger partial charge in [-0.2, -0.15) is 0 Å². The van der Waals surface area contributed by atoms with Gasteiger partial charge in [0.2, 0.25) is 10.0 Å². The zero-order valence-corrected chi connectivity index (χ0v) is 11.5. The highest BCUT2D eigenvalue weighted by Crippen LogP contribution is 2.27. The number of carboxylic acid groups (broad SMARTS) is 1. The first-order chi connectivity index (χ1) is 8.90. The molecule has 0 aliphatic heterocycles. The quantitative estimate of drug-likeness (QED) is 0.877. The molecule has 0 radical (unpaired) electrons. The maximum Gasteiger partial charge on any atom is 0.306 e. The van der Waals surface area contributed by atoms with Crippen LogP contribution in [0.5, 0.6) is 0 Å². The number of hydrogen-bond donors (Lipinski definition) is 2. The number of carbonyl (C=O) groups is 1. The zero-order chi connectivity index (χ0) is 14.0. The molecule has 1 aliphatic rings. The van der Waals surface area contributed by atoms with Gasteiger partial charge in [0.05, 0.1) is 10.8 Å². The van der Waals surface area contributed by atoms with E-state index >= 15 is 0 Å². The van der Waals surface area contributed by atoms with Crippen molar-refractivity contribution < 1.29 is 18.3 Å². The summed E-state index contributed by atoms with van der Waals surface area (Å²) in [6.07, 6.45) is 1.46. The van der Waals surface area contributed by atoms with Crippen LogP contribution in [0.4, 0.5) is 0 Å². The number of aryl methyl sites for hydroxylation is 1. The number of rotatable bonds is 4. The van der Waals surface area contributed by atoms with Crippen molar-refractivity contribution in [2.45, 2.75) is 37.1 Å². The topological polar surface area (TPSA) is 83.5 Å². The van der Waals surface area contributed by atoms with E-state index in [2.05, 4.69) is 4.72 Å². The minimum atomic E-state index is -3.57. The predicted molar refractivity (Wildman–Crippen MR) is 70.3 cm³/mol. The van der Waals surface area contributed by atoms with Crippen molar-refractivity contribution in [3.05, 3.63) is 29.8 Å². The Kier molecular flexibility index (Phi) is 3.91. The molecule has 0 amide bonds. The van der Waals surface area contributed by atoms with Gasteiger partial charge in [0.1, 0.15) is 0 Å². The lowest BCUT2D eigenvalue weighted by Crippen LogP contribution is -2.33. The molecule has 1 fully saturated rings. The van der Waals surface area contributed by atoms with Gasteiger partial charge in [0.15, 0.2) is 0 Å². The highest BCUT2D eigenvalue weighted by Gasteiger charge is 2.32. The lowest BCUT2D eigenvalue weighted by Gasteiger charge is -2.14. The van der Waals surface area contributed by atoms with Crippen LogP contribution in [0.25, 0.3) is 0 Å². The molecule has 0 aromatic heterocycles. The monoisotopic (exact) mass is 283 g/mol. The number of sulfonamides is 1. The lowest BCUT2D eigenvalue weighted by molar-refractivity contribution is -0.141. The van der Waals surface area contributed by atoms with E-state index < -0.39 is 21.9 Å². The molecule has 104 valence electrons. The van der Waals surface area contributed by atoms with Crippen LogP contribution in [-0.2, 0) is 14.8 Å². The molecule has 2 unspecified atom stereocenters. The number of hydrogen-bond acceptors (Lipinski definition) is 3. The van der Waals surface area contributed by atoms with Gasteiger partial charge in [-0.15, -0.1) is 0 Å². The van der Waals surface area contributed by atoms with Crippen LogP contribution in [0.15, 0.2) is 29.2 Å². The molecule has 0 bridgehead atoms. The van der Waals surface area contributed by atoms with Crippen molar-refractivity contribution in [1.82, 2.24) is 4.72 Å². The Labute approximate surface area is 112 Å². The van der Waals surface area contributed by atoms with Gasteiger partial charge in [-0.25, -0.2) is 13.1 Å². The Morgan fingerprint density at radius 1 is 1.32 bits per heavy atom. The van der Waals surface area contributed by atoms with Crippen molar-refractivity contribution in [3.63, 3.8) is 0 Å². The maximum atomic E-state index is 12.2. The van der Waals surface area contributed by atoms with E-state index in [0.717, 1.165) is 0 Å². The predicted octanol–water partition coefficient (Wildman–Crippen LogP) is 1.53. The molecule has 0 saturated heterocycles. The molecule has 2 rings (SSSR count). The number of nitrogens with one attached hydrogen (secondary N) is 1. The highest BCUT2D eigenvalue weighted by molar-refractivity contribution is 7.89. The SMILES string of the molecule is Cc1ccccc1S(=O)(=O)NC1CCC(C(=O)O)C1. The van der Waals surface area contributed by atoms with Crippen molar-refractivity contribution in [2.75, 3.05) is 0 Å². The molecule has 5 nitrogen and oxygen atoms in total. The molecule has 2 atom stereocenters. The van der Waals surface area contributed by atoms with Crippen LogP contribution in [0.3, 0.4) is 0 Å². The first-order valence-electron chi connectivity index (χ1n) is 6.21. The van der Waals surface area contributed by atoms with Gasteiger partial charge in [-0.1, -0.05) is 18.2 Å². The average molecular weight is 283 g/mol. The summed E-state index contributed by atoms with van der Waals surface area (Å²) in [6.45, 7) is 1.74. The lowest BCUT2D eigenvalue weighted by atomic mass is 10.1. The second-order valence-corrected chi connectivity index (χ2v) is 6.61. The van der Waals surface area contributed by atoms with E-state index in [0.29, 0.717) is 24.8 Å². The minimum absolute atomic E-state index is 0.258. The largest absolute Gasteiger partial charge is 0.481 e. The van der Waals surface area contributed by atoms with Crippen LogP contribution >= 0.6 is 0 Å². The second-order valence-electron chi connectivity index (χ2n) is 4.93. The average Bonchev–Trinajstić information content (AvgIpc) is 2.77. The molecule has 1 aromatic carbocycles. The van der Waals surface area contributed by atoms with Crippen molar-refractivity contribution in [2.24, 2.45) is 5.92 Å². The Morgan fingerprint density at radius 2 is 2.00 bits per heavy atom. The summed E-state index contributed by atoms with van der Waals surface area (Å²) in [7, 11) is -3.57. The third-order valence-electron chi connectivity index (χ3n) is 3.49. The van der Waals surface area contributed by atoms with Crippen LogP contribution in [0, 0.1) is 12.8 Å². The summed E-state index contributed by atoms with van der Waals surface area (Å²) in [5, 5.41) is 8.91. The third kappa shape index (κ3) is 3.13. The van der Waals surface area contributed by atoms with Gasteiger partial charge in [-0.05, 0) is 37.8 Å². The van der Waals surface area contributed by atoms with Gasteiger partial charge in [0.25, 0.3) is 0 Å². The van der Waals surface area contributed by atoms with Crippen LogP contribution < -0.4 is 4.72 Å². The Bertz CT molecular complexity index is 582. The molecule has 6 heteroatoms. The van der Waals surface area contributed by atoms with Crippen molar-refractivity contribution >= 4 is 16.0 Å². The molecular weight excluding hydrogens is 266 g/mol. The molecule has 0 heterocycles. The molecule has 19 heavy (non-hydrogen) atoms. The van der Waals surface area contributed by atoms with E-state index in [1.807, 2.05) is 0 Å². The zero-order valence-electron chi connectivity index (χ0n) is 10.7. The fourth-order valence-corrected chi connectivity index (χ4v) is 3.98. The second kappa shape index (κ2) is 5.30. The first kappa shape index (κ1) is 14.0. The van der Waals surface area contributed by atoms with E-state index in [-0.39, 0.29) is 10.9 Å². The van der Waals surface area contributed by atoms with E-state index in [1.54, 1.807) is 31.2 Å². The molecule has 1 aromatic rings. The van der Waals surface area contributed by atoms with Crippen molar-refractivity contribution in [1.29, 1.82) is 0 Å². The Hall–Kier alpha value is -1.40. The summed E-state index contributed by atoms with van der Waals surface area (Å²) >= 11 is 0. The molecule has 0 spiro atoms. The fraction of sp³-hybridized carbons (Fsp3) is 0.462. The number of benzene rings is 1. The van der Waals surface area contributed by atoms with E-state index in [4.69, 9.17) is 5.11 Å². The summed E-state index contributed by atoms with van der Waals surface area (Å²) in [4.78, 5) is 11.1. The van der Waals surface area contributed by atoms with Gasteiger partial charge >= 0.3 is 5.97 Å². The third-order valence-corrected chi connectivity index (χ3v) is 5.17. The minimum Gasteiger partial charge on any atom is -0.481 e. The smallest absolute Gasteiger partial charge is 0.306 e. The molecule has 2 N–H and O–H groups in total. The molecule has 1 aliphatic carbocycles.